The first kappa shape index (κ1) is 17.1. The van der Waals surface area contributed by atoms with Crippen molar-refractivity contribution < 1.29 is 18.0 Å². The lowest BCUT2D eigenvalue weighted by Crippen LogP contribution is -2.47. The van der Waals surface area contributed by atoms with E-state index in [1.54, 1.807) is 11.4 Å². The Labute approximate surface area is 148 Å². The molecule has 0 radical (unpaired) electrons. The van der Waals surface area contributed by atoms with Crippen LogP contribution in [0.3, 0.4) is 0 Å². The lowest BCUT2D eigenvalue weighted by atomic mass is 9.97. The highest BCUT2D eigenvalue weighted by molar-refractivity contribution is 7.10. The Hall–Kier alpha value is -1.28. The van der Waals surface area contributed by atoms with Crippen molar-refractivity contribution in [1.82, 2.24) is 10.6 Å². The molecule has 0 bridgehead atoms. The van der Waals surface area contributed by atoms with Crippen LogP contribution in [0.1, 0.15) is 30.6 Å². The first-order valence-corrected chi connectivity index (χ1v) is 9.68. The zero-order valence-electron chi connectivity index (χ0n) is 13.8. The molecule has 3 fully saturated rings. The third-order valence-corrected chi connectivity index (χ3v) is 6.69. The monoisotopic (exact) mass is 373 g/mol. The fraction of sp³-hybridized carbons (Fsp3) is 0.706. The van der Waals surface area contributed by atoms with Crippen molar-refractivity contribution in [3.63, 3.8) is 0 Å². The smallest absolute Gasteiger partial charge is 0.272 e. The maximum atomic E-state index is 13.3. The van der Waals surface area contributed by atoms with Gasteiger partial charge in [0.05, 0.1) is 10.9 Å². The van der Waals surface area contributed by atoms with Crippen LogP contribution in [0.5, 0.6) is 0 Å². The number of anilines is 1. The minimum atomic E-state index is -2.42. The summed E-state index contributed by atoms with van der Waals surface area (Å²) in [6.07, 6.45) is -1.17. The van der Waals surface area contributed by atoms with E-state index >= 15 is 0 Å². The predicted octanol–water partition coefficient (Wildman–Crippen LogP) is 2.72. The summed E-state index contributed by atoms with van der Waals surface area (Å²) >= 11 is 1.10. The van der Waals surface area contributed by atoms with Crippen LogP contribution >= 0.6 is 11.3 Å². The fourth-order valence-corrected chi connectivity index (χ4v) is 5.22. The van der Waals surface area contributed by atoms with Gasteiger partial charge in [-0.05, 0) is 24.8 Å². The normalized spacial score (nSPS) is 34.7. The Morgan fingerprint density at radius 2 is 2.20 bits per heavy atom. The molecule has 0 aromatic carbocycles. The molecule has 3 heterocycles. The van der Waals surface area contributed by atoms with Crippen LogP contribution in [0, 0.1) is 11.8 Å². The van der Waals surface area contributed by atoms with Gasteiger partial charge < -0.3 is 15.5 Å². The zero-order chi connectivity index (χ0) is 17.6. The molecule has 2 aliphatic heterocycles. The fourth-order valence-electron chi connectivity index (χ4n) is 4.45. The molecule has 0 spiro atoms. The maximum Gasteiger partial charge on any atom is 0.272 e. The van der Waals surface area contributed by atoms with E-state index in [1.165, 1.54) is 0 Å². The number of rotatable bonds is 4. The topological polar surface area (TPSA) is 44.4 Å². The number of nitrogens with one attached hydrogen (secondary N) is 2. The SMILES string of the molecule is O=C(NC1CCC2CN(c3csc(C(F)F)c3)CC21)[C@@H]1C[C@@H](F)CN1. The van der Waals surface area contributed by atoms with E-state index in [9.17, 15) is 18.0 Å². The molecule has 1 aromatic rings. The van der Waals surface area contributed by atoms with Gasteiger partial charge in [-0.3, -0.25) is 4.79 Å². The van der Waals surface area contributed by atoms with Crippen LogP contribution in [0.15, 0.2) is 11.4 Å². The Kier molecular flexibility index (Phi) is 4.66. The number of thiophene rings is 1. The molecule has 1 aromatic heterocycles. The van der Waals surface area contributed by atoms with E-state index in [4.69, 9.17) is 0 Å². The molecule has 3 unspecified atom stereocenters. The van der Waals surface area contributed by atoms with Gasteiger partial charge in [0.2, 0.25) is 5.91 Å². The van der Waals surface area contributed by atoms with Crippen molar-refractivity contribution in [3.8, 4) is 0 Å². The Balaban J connectivity index is 1.37. The minimum Gasteiger partial charge on any atom is -0.370 e. The van der Waals surface area contributed by atoms with Crippen LogP contribution in [0.4, 0.5) is 18.9 Å². The number of carbonyl (C=O) groups is 1. The van der Waals surface area contributed by atoms with Crippen LogP contribution in [0.25, 0.3) is 0 Å². The summed E-state index contributed by atoms with van der Waals surface area (Å²) in [5, 5.41) is 7.81. The van der Waals surface area contributed by atoms with Crippen molar-refractivity contribution in [1.29, 1.82) is 0 Å². The predicted molar refractivity (Wildman–Crippen MR) is 90.9 cm³/mol. The molecule has 5 atom stereocenters. The molecule has 3 aliphatic rings. The van der Waals surface area contributed by atoms with Crippen molar-refractivity contribution in [2.75, 3.05) is 24.5 Å². The van der Waals surface area contributed by atoms with Crippen LogP contribution in [-0.4, -0.2) is 43.8 Å². The van der Waals surface area contributed by atoms with E-state index in [2.05, 4.69) is 15.5 Å². The highest BCUT2D eigenvalue weighted by Crippen LogP contribution is 2.41. The number of carbonyl (C=O) groups excluding carboxylic acids is 1. The van der Waals surface area contributed by atoms with Gasteiger partial charge in [-0.1, -0.05) is 0 Å². The number of hydrogen-bond donors (Lipinski definition) is 2. The summed E-state index contributed by atoms with van der Waals surface area (Å²) < 4.78 is 38.8. The first-order valence-electron chi connectivity index (χ1n) is 8.80. The lowest BCUT2D eigenvalue weighted by Gasteiger charge is -2.23. The third kappa shape index (κ3) is 3.38. The molecule has 1 amide bonds. The summed E-state index contributed by atoms with van der Waals surface area (Å²) in [5.74, 6) is 0.701. The molecular weight excluding hydrogens is 351 g/mol. The number of hydrogen-bond acceptors (Lipinski definition) is 4. The molecule has 8 heteroatoms. The Morgan fingerprint density at radius 3 is 2.88 bits per heavy atom. The van der Waals surface area contributed by atoms with Crippen LogP contribution in [-0.2, 0) is 4.79 Å². The van der Waals surface area contributed by atoms with E-state index in [0.717, 1.165) is 43.0 Å². The van der Waals surface area contributed by atoms with Crippen molar-refractivity contribution >= 4 is 22.9 Å². The second-order valence-corrected chi connectivity index (χ2v) is 8.27. The third-order valence-electron chi connectivity index (χ3n) is 5.76. The summed E-state index contributed by atoms with van der Waals surface area (Å²) in [7, 11) is 0. The number of nitrogens with zero attached hydrogens (tertiary/aromatic N) is 1. The highest BCUT2D eigenvalue weighted by Gasteiger charge is 2.44. The molecule has 1 saturated carbocycles. The highest BCUT2D eigenvalue weighted by atomic mass is 32.1. The molecule has 1 aliphatic carbocycles. The second-order valence-electron chi connectivity index (χ2n) is 7.32. The summed E-state index contributed by atoms with van der Waals surface area (Å²) in [5.41, 5.74) is 0.859. The van der Waals surface area contributed by atoms with Gasteiger partial charge in [0.25, 0.3) is 6.43 Å². The number of alkyl halides is 3. The number of amides is 1. The molecule has 4 nitrogen and oxygen atoms in total. The van der Waals surface area contributed by atoms with Gasteiger partial charge in [-0.25, -0.2) is 13.2 Å². The van der Waals surface area contributed by atoms with E-state index in [1.807, 2.05) is 0 Å². The zero-order valence-corrected chi connectivity index (χ0v) is 14.6. The van der Waals surface area contributed by atoms with Gasteiger partial charge in [-0.2, -0.15) is 0 Å². The number of fused-ring (bicyclic) bond motifs is 1. The van der Waals surface area contributed by atoms with Crippen molar-refractivity contribution in [2.24, 2.45) is 11.8 Å². The van der Waals surface area contributed by atoms with E-state index in [-0.39, 0.29) is 29.8 Å². The number of halogens is 3. The Bertz CT molecular complexity index is 640. The average Bonchev–Trinajstić information content (AvgIpc) is 3.30. The molecule has 25 heavy (non-hydrogen) atoms. The molecule has 4 rings (SSSR count). The second kappa shape index (κ2) is 6.79. The van der Waals surface area contributed by atoms with Crippen molar-refractivity contribution in [2.45, 2.75) is 43.9 Å². The van der Waals surface area contributed by atoms with Crippen LogP contribution < -0.4 is 15.5 Å². The van der Waals surface area contributed by atoms with Crippen LogP contribution in [0.2, 0.25) is 0 Å². The lowest BCUT2D eigenvalue weighted by molar-refractivity contribution is -0.123. The molecule has 2 saturated heterocycles. The van der Waals surface area contributed by atoms with Gasteiger partial charge in [0.1, 0.15) is 6.17 Å². The molecular formula is C17H22F3N3OS. The quantitative estimate of drug-likeness (QED) is 0.853. The summed E-state index contributed by atoms with van der Waals surface area (Å²) in [6, 6.07) is 1.24. The van der Waals surface area contributed by atoms with Gasteiger partial charge >= 0.3 is 0 Å². The molecule has 2 N–H and O–H groups in total. The maximum absolute atomic E-state index is 13.3. The summed E-state index contributed by atoms with van der Waals surface area (Å²) in [6.45, 7) is 1.87. The average molecular weight is 373 g/mol. The summed E-state index contributed by atoms with van der Waals surface area (Å²) in [4.78, 5) is 14.6. The van der Waals surface area contributed by atoms with E-state index in [0.29, 0.717) is 11.8 Å². The Morgan fingerprint density at radius 1 is 1.36 bits per heavy atom. The minimum absolute atomic E-state index is 0.0937. The van der Waals surface area contributed by atoms with Gasteiger partial charge in [0, 0.05) is 49.1 Å². The standard InChI is InChI=1S/C17H22F3N3OS/c18-10-3-14(21-5-10)17(24)22-13-2-1-9-6-23(7-12(9)13)11-4-15(16(19)20)25-8-11/h4,8-10,12-14,16,21H,1-3,5-7H2,(H,22,24)/t9?,10-,12?,13?,14+/m1/s1. The molecule has 138 valence electrons. The van der Waals surface area contributed by atoms with Gasteiger partial charge in [-0.15, -0.1) is 11.3 Å². The van der Waals surface area contributed by atoms with Gasteiger partial charge in [0.15, 0.2) is 0 Å². The van der Waals surface area contributed by atoms with E-state index < -0.39 is 18.6 Å². The largest absolute Gasteiger partial charge is 0.370 e. The van der Waals surface area contributed by atoms with Crippen molar-refractivity contribution in [3.05, 3.63) is 16.3 Å². The first-order chi connectivity index (χ1) is 12.0.